The Morgan fingerprint density at radius 1 is 1.16 bits per heavy atom. The van der Waals surface area contributed by atoms with E-state index in [1.807, 2.05) is 7.05 Å². The minimum absolute atomic E-state index is 0.00240. The smallest absolute Gasteiger partial charge is 0.269 e. The molecule has 0 spiro atoms. The van der Waals surface area contributed by atoms with Crippen LogP contribution in [0, 0.1) is 11.8 Å². The van der Waals surface area contributed by atoms with Gasteiger partial charge in [-0.2, -0.15) is 5.10 Å². The second kappa shape index (κ2) is 7.00. The summed E-state index contributed by atoms with van der Waals surface area (Å²) in [6, 6.07) is 12.8. The maximum absolute atomic E-state index is 12.4. The van der Waals surface area contributed by atoms with Crippen molar-refractivity contribution in [3.8, 4) is 0 Å². The average Bonchev–Trinajstić information content (AvgIpc) is 3.21. The van der Waals surface area contributed by atoms with E-state index in [0.717, 1.165) is 31.8 Å². The number of aromatic nitrogens is 2. The lowest BCUT2D eigenvalue weighted by atomic mass is 9.79. The number of carbonyl (C=O) groups is 1. The molecule has 4 rings (SSSR count). The quantitative estimate of drug-likeness (QED) is 0.932. The van der Waals surface area contributed by atoms with Gasteiger partial charge < -0.3 is 5.32 Å². The van der Waals surface area contributed by atoms with Crippen molar-refractivity contribution in [3.63, 3.8) is 0 Å². The zero-order chi connectivity index (χ0) is 17.2. The number of rotatable bonds is 4. The van der Waals surface area contributed by atoms with Gasteiger partial charge in [-0.25, -0.2) is 0 Å². The lowest BCUT2D eigenvalue weighted by molar-refractivity contribution is 0.0904. The summed E-state index contributed by atoms with van der Waals surface area (Å²) in [7, 11) is 1.81. The fourth-order valence-corrected chi connectivity index (χ4v) is 4.49. The molecule has 0 radical (unpaired) electrons. The van der Waals surface area contributed by atoms with Crippen LogP contribution in [0.2, 0.25) is 0 Å². The average molecular weight is 338 g/mol. The number of nitrogens with zero attached hydrogens (tertiary/aromatic N) is 3. The summed E-state index contributed by atoms with van der Waals surface area (Å²) in [5.74, 6) is 1.49. The second-order valence-electron chi connectivity index (χ2n) is 7.52. The van der Waals surface area contributed by atoms with Gasteiger partial charge in [-0.1, -0.05) is 30.3 Å². The third-order valence-corrected chi connectivity index (χ3v) is 5.76. The SMILES string of the molecule is Cn1nccc1C(=O)NC1CC[C@@H]2CN(Cc3ccccc3)C[C@@H]2C1. The van der Waals surface area contributed by atoms with E-state index in [2.05, 4.69) is 45.6 Å². The standard InChI is InChI=1S/C20H26N4O/c1-23-19(9-10-21-23)20(25)22-18-8-7-16-13-24(14-17(16)11-18)12-15-5-3-2-4-6-15/h2-6,9-10,16-18H,7-8,11-14H2,1H3,(H,22,25)/t16-,17+,18?/m1/s1. The molecule has 1 aromatic carbocycles. The normalized spacial score (nSPS) is 26.4. The first-order valence-electron chi connectivity index (χ1n) is 9.24. The number of hydrogen-bond acceptors (Lipinski definition) is 3. The van der Waals surface area contributed by atoms with Crippen LogP contribution in [0.25, 0.3) is 0 Å². The third-order valence-electron chi connectivity index (χ3n) is 5.76. The van der Waals surface area contributed by atoms with Crippen LogP contribution >= 0.6 is 0 Å². The number of nitrogens with one attached hydrogen (secondary N) is 1. The molecule has 2 aromatic rings. The van der Waals surface area contributed by atoms with Crippen LogP contribution < -0.4 is 5.32 Å². The second-order valence-corrected chi connectivity index (χ2v) is 7.52. The predicted molar refractivity (Wildman–Crippen MR) is 97.0 cm³/mol. The lowest BCUT2D eigenvalue weighted by Crippen LogP contribution is -2.41. The molecule has 1 aliphatic carbocycles. The summed E-state index contributed by atoms with van der Waals surface area (Å²) in [5, 5.41) is 7.30. The van der Waals surface area contributed by atoms with Crippen molar-refractivity contribution in [1.29, 1.82) is 0 Å². The highest BCUT2D eigenvalue weighted by Crippen LogP contribution is 2.36. The van der Waals surface area contributed by atoms with Gasteiger partial charge in [-0.15, -0.1) is 0 Å². The lowest BCUT2D eigenvalue weighted by Gasteiger charge is -2.31. The monoisotopic (exact) mass is 338 g/mol. The Bertz CT molecular complexity index is 726. The summed E-state index contributed by atoms with van der Waals surface area (Å²) >= 11 is 0. The van der Waals surface area contributed by atoms with Gasteiger partial charge in [0.15, 0.2) is 0 Å². The molecule has 25 heavy (non-hydrogen) atoms. The van der Waals surface area contributed by atoms with Gasteiger partial charge in [0.1, 0.15) is 5.69 Å². The highest BCUT2D eigenvalue weighted by molar-refractivity contribution is 5.92. The molecule has 5 heteroatoms. The van der Waals surface area contributed by atoms with Crippen molar-refractivity contribution in [2.45, 2.75) is 31.8 Å². The molecule has 0 bridgehead atoms. The Labute approximate surface area is 149 Å². The Morgan fingerprint density at radius 2 is 1.96 bits per heavy atom. The molecule has 1 amide bonds. The summed E-state index contributed by atoms with van der Waals surface area (Å²) in [6.45, 7) is 3.39. The maximum Gasteiger partial charge on any atom is 0.269 e. The number of hydrogen-bond donors (Lipinski definition) is 1. The minimum Gasteiger partial charge on any atom is -0.348 e. The van der Waals surface area contributed by atoms with Crippen molar-refractivity contribution in [2.75, 3.05) is 13.1 Å². The van der Waals surface area contributed by atoms with E-state index in [0.29, 0.717) is 17.7 Å². The Kier molecular flexibility index (Phi) is 4.57. The Balaban J connectivity index is 1.32. The van der Waals surface area contributed by atoms with E-state index in [-0.39, 0.29) is 5.91 Å². The van der Waals surface area contributed by atoms with Gasteiger partial charge in [-0.3, -0.25) is 14.4 Å². The van der Waals surface area contributed by atoms with E-state index < -0.39 is 0 Å². The van der Waals surface area contributed by atoms with Crippen LogP contribution in [-0.4, -0.2) is 39.7 Å². The molecule has 132 valence electrons. The van der Waals surface area contributed by atoms with Crippen molar-refractivity contribution < 1.29 is 4.79 Å². The van der Waals surface area contributed by atoms with Crippen LogP contribution in [0.4, 0.5) is 0 Å². The Morgan fingerprint density at radius 3 is 2.72 bits per heavy atom. The van der Waals surface area contributed by atoms with Gasteiger partial charge in [-0.05, 0) is 42.7 Å². The number of fused-ring (bicyclic) bond motifs is 1. The van der Waals surface area contributed by atoms with E-state index in [1.165, 1.54) is 18.5 Å². The molecule has 1 aliphatic heterocycles. The summed E-state index contributed by atoms with van der Waals surface area (Å²) in [6.07, 6.45) is 5.07. The summed E-state index contributed by atoms with van der Waals surface area (Å²) in [5.41, 5.74) is 2.03. The molecule has 1 N–H and O–H groups in total. The van der Waals surface area contributed by atoms with Crippen LogP contribution in [0.15, 0.2) is 42.6 Å². The zero-order valence-electron chi connectivity index (χ0n) is 14.8. The van der Waals surface area contributed by atoms with Gasteiger partial charge in [0.25, 0.3) is 5.91 Å². The summed E-state index contributed by atoms with van der Waals surface area (Å²) < 4.78 is 1.64. The largest absolute Gasteiger partial charge is 0.348 e. The fourth-order valence-electron chi connectivity index (χ4n) is 4.49. The minimum atomic E-state index is 0.00240. The van der Waals surface area contributed by atoms with Crippen LogP contribution in [0.3, 0.4) is 0 Å². The van der Waals surface area contributed by atoms with E-state index >= 15 is 0 Å². The fraction of sp³-hybridized carbons (Fsp3) is 0.500. The molecule has 2 fully saturated rings. The van der Waals surface area contributed by atoms with Gasteiger partial charge in [0.2, 0.25) is 0 Å². The zero-order valence-corrected chi connectivity index (χ0v) is 14.8. The van der Waals surface area contributed by atoms with E-state index in [9.17, 15) is 4.79 Å². The first-order valence-corrected chi connectivity index (χ1v) is 9.24. The first-order chi connectivity index (χ1) is 12.2. The number of amides is 1. The van der Waals surface area contributed by atoms with Crippen molar-refractivity contribution in [1.82, 2.24) is 20.0 Å². The van der Waals surface area contributed by atoms with Crippen molar-refractivity contribution in [2.24, 2.45) is 18.9 Å². The molecule has 2 aliphatic rings. The molecule has 1 unspecified atom stereocenters. The first kappa shape index (κ1) is 16.3. The topological polar surface area (TPSA) is 50.2 Å². The number of aryl methyl sites for hydroxylation is 1. The van der Waals surface area contributed by atoms with Gasteiger partial charge in [0, 0.05) is 38.9 Å². The van der Waals surface area contributed by atoms with Crippen LogP contribution in [0.5, 0.6) is 0 Å². The third kappa shape index (κ3) is 3.61. The molecular formula is C20H26N4O. The molecule has 2 heterocycles. The number of benzene rings is 1. The summed E-state index contributed by atoms with van der Waals surface area (Å²) in [4.78, 5) is 15.0. The molecule has 1 aromatic heterocycles. The number of carbonyl (C=O) groups excluding carboxylic acids is 1. The highest BCUT2D eigenvalue weighted by atomic mass is 16.2. The van der Waals surface area contributed by atoms with Crippen LogP contribution in [-0.2, 0) is 13.6 Å². The van der Waals surface area contributed by atoms with E-state index in [4.69, 9.17) is 0 Å². The van der Waals surface area contributed by atoms with Gasteiger partial charge >= 0.3 is 0 Å². The van der Waals surface area contributed by atoms with Crippen molar-refractivity contribution in [3.05, 3.63) is 53.9 Å². The van der Waals surface area contributed by atoms with Crippen molar-refractivity contribution >= 4 is 5.91 Å². The highest BCUT2D eigenvalue weighted by Gasteiger charge is 2.38. The molecular weight excluding hydrogens is 312 g/mol. The van der Waals surface area contributed by atoms with Crippen LogP contribution in [0.1, 0.15) is 35.3 Å². The maximum atomic E-state index is 12.4. The van der Waals surface area contributed by atoms with Gasteiger partial charge in [0.05, 0.1) is 0 Å². The molecule has 5 nitrogen and oxygen atoms in total. The predicted octanol–water partition coefficient (Wildman–Crippen LogP) is 2.45. The van der Waals surface area contributed by atoms with E-state index in [1.54, 1.807) is 16.9 Å². The number of likely N-dealkylation sites (tertiary alicyclic amines) is 1. The molecule has 1 saturated carbocycles. The molecule has 3 atom stereocenters. The molecule has 1 saturated heterocycles. The Hall–Kier alpha value is -2.14.